The average molecular weight is 246 g/mol. The van der Waals surface area contributed by atoms with Gasteiger partial charge in [0, 0.05) is 17.3 Å². The van der Waals surface area contributed by atoms with Gasteiger partial charge in [0.2, 0.25) is 0 Å². The highest BCUT2D eigenvalue weighted by Crippen LogP contribution is 2.23. The topological polar surface area (TPSA) is 38.0 Å². The molecule has 0 saturated heterocycles. The number of hydrogen-bond acceptors (Lipinski definition) is 3. The smallest absolute Gasteiger partial charge is 0.0579 e. The summed E-state index contributed by atoms with van der Waals surface area (Å²) in [6, 6.07) is 10.7. The van der Waals surface area contributed by atoms with Crippen LogP contribution in [0.5, 0.6) is 0 Å². The van der Waals surface area contributed by atoms with E-state index in [4.69, 9.17) is 5.73 Å². The number of benzene rings is 1. The van der Waals surface area contributed by atoms with Crippen molar-refractivity contribution in [3.05, 3.63) is 46.2 Å². The molecule has 1 unspecified atom stereocenters. The number of rotatable bonds is 4. The van der Waals surface area contributed by atoms with Crippen LogP contribution in [-0.2, 0) is 6.42 Å². The van der Waals surface area contributed by atoms with Crippen molar-refractivity contribution in [3.8, 4) is 0 Å². The molecule has 0 saturated carbocycles. The third-order valence-electron chi connectivity index (χ3n) is 2.81. The second-order valence-electron chi connectivity index (χ2n) is 4.37. The summed E-state index contributed by atoms with van der Waals surface area (Å²) in [5.74, 6) is 0. The van der Waals surface area contributed by atoms with Crippen LogP contribution in [0.2, 0.25) is 0 Å². The molecular formula is C14H18N2S. The average Bonchev–Trinajstić information content (AvgIpc) is 2.77. The molecule has 2 nitrogen and oxygen atoms in total. The first kappa shape index (κ1) is 12.0. The maximum absolute atomic E-state index is 6.04. The summed E-state index contributed by atoms with van der Waals surface area (Å²) >= 11 is 1.80. The van der Waals surface area contributed by atoms with Gasteiger partial charge in [0.1, 0.15) is 0 Å². The molecule has 3 heteroatoms. The monoisotopic (exact) mass is 246 g/mol. The Balaban J connectivity index is 2.03. The largest absolute Gasteiger partial charge is 0.397 e. The fourth-order valence-electron chi connectivity index (χ4n) is 1.85. The van der Waals surface area contributed by atoms with Gasteiger partial charge in [-0.1, -0.05) is 18.2 Å². The fraction of sp³-hybridized carbons (Fsp3) is 0.286. The van der Waals surface area contributed by atoms with E-state index in [1.807, 2.05) is 25.1 Å². The van der Waals surface area contributed by atoms with Gasteiger partial charge in [0.15, 0.2) is 0 Å². The van der Waals surface area contributed by atoms with Gasteiger partial charge in [-0.3, -0.25) is 0 Å². The van der Waals surface area contributed by atoms with Crippen molar-refractivity contribution in [3.63, 3.8) is 0 Å². The van der Waals surface area contributed by atoms with Crippen molar-refractivity contribution < 1.29 is 0 Å². The van der Waals surface area contributed by atoms with E-state index in [0.29, 0.717) is 6.04 Å². The molecule has 0 bridgehead atoms. The highest BCUT2D eigenvalue weighted by Gasteiger charge is 2.07. The van der Waals surface area contributed by atoms with Crippen LogP contribution in [0.4, 0.5) is 11.4 Å². The highest BCUT2D eigenvalue weighted by atomic mass is 32.1. The van der Waals surface area contributed by atoms with Gasteiger partial charge >= 0.3 is 0 Å². The molecule has 0 radical (unpaired) electrons. The van der Waals surface area contributed by atoms with Crippen molar-refractivity contribution in [1.29, 1.82) is 0 Å². The Morgan fingerprint density at radius 1 is 1.29 bits per heavy atom. The van der Waals surface area contributed by atoms with Crippen LogP contribution in [0.1, 0.15) is 17.4 Å². The third-order valence-corrected chi connectivity index (χ3v) is 3.71. The van der Waals surface area contributed by atoms with Gasteiger partial charge in [-0.05, 0) is 36.9 Å². The lowest BCUT2D eigenvalue weighted by Crippen LogP contribution is -2.18. The Morgan fingerprint density at radius 2 is 2.12 bits per heavy atom. The SMILES string of the molecule is Cc1cccc(NC(C)Cc2cccs2)c1N. The van der Waals surface area contributed by atoms with Crippen molar-refractivity contribution in [1.82, 2.24) is 0 Å². The molecule has 2 rings (SSSR count). The first-order valence-corrected chi connectivity index (χ1v) is 6.69. The number of nitrogens with two attached hydrogens (primary N) is 1. The highest BCUT2D eigenvalue weighted by molar-refractivity contribution is 7.09. The minimum absolute atomic E-state index is 0.387. The Morgan fingerprint density at radius 3 is 2.82 bits per heavy atom. The molecule has 1 aromatic carbocycles. The van der Waals surface area contributed by atoms with Gasteiger partial charge in [0.05, 0.1) is 11.4 Å². The zero-order chi connectivity index (χ0) is 12.3. The standard InChI is InChI=1S/C14H18N2S/c1-10-5-3-7-13(14(10)15)16-11(2)9-12-6-4-8-17-12/h3-8,11,16H,9,15H2,1-2H3. The summed E-state index contributed by atoms with van der Waals surface area (Å²) in [5, 5.41) is 5.59. The van der Waals surface area contributed by atoms with Crippen LogP contribution < -0.4 is 11.1 Å². The van der Waals surface area contributed by atoms with Gasteiger partial charge in [-0.15, -0.1) is 11.3 Å². The number of aryl methyl sites for hydroxylation is 1. The fourth-order valence-corrected chi connectivity index (χ4v) is 2.69. The quantitative estimate of drug-likeness (QED) is 0.808. The number of nitrogens with one attached hydrogen (secondary N) is 1. The molecule has 0 aliphatic heterocycles. The molecule has 1 heterocycles. The van der Waals surface area contributed by atoms with Gasteiger partial charge in [-0.25, -0.2) is 0 Å². The molecule has 3 N–H and O–H groups in total. The molecular weight excluding hydrogens is 228 g/mol. The van der Waals surface area contributed by atoms with Crippen LogP contribution in [0.25, 0.3) is 0 Å². The Labute approximate surface area is 106 Å². The van der Waals surface area contributed by atoms with E-state index in [0.717, 1.165) is 23.4 Å². The summed E-state index contributed by atoms with van der Waals surface area (Å²) in [4.78, 5) is 1.40. The van der Waals surface area contributed by atoms with Crippen LogP contribution in [-0.4, -0.2) is 6.04 Å². The minimum Gasteiger partial charge on any atom is -0.397 e. The maximum atomic E-state index is 6.04. The van der Waals surface area contributed by atoms with Crippen molar-refractivity contribution in [2.75, 3.05) is 11.1 Å². The van der Waals surface area contributed by atoms with Crippen LogP contribution in [0.15, 0.2) is 35.7 Å². The number of anilines is 2. The molecule has 17 heavy (non-hydrogen) atoms. The predicted molar refractivity (Wildman–Crippen MR) is 76.7 cm³/mol. The molecule has 90 valence electrons. The van der Waals surface area contributed by atoms with Crippen molar-refractivity contribution in [2.45, 2.75) is 26.3 Å². The van der Waals surface area contributed by atoms with Crippen molar-refractivity contribution in [2.24, 2.45) is 0 Å². The van der Waals surface area contributed by atoms with Crippen LogP contribution in [0.3, 0.4) is 0 Å². The molecule has 0 amide bonds. The lowest BCUT2D eigenvalue weighted by atomic mass is 10.1. The second-order valence-corrected chi connectivity index (χ2v) is 5.40. The Hall–Kier alpha value is -1.48. The van der Waals surface area contributed by atoms with E-state index in [1.54, 1.807) is 11.3 Å². The molecule has 1 atom stereocenters. The molecule has 1 aromatic heterocycles. The first-order chi connectivity index (χ1) is 8.16. The van der Waals surface area contributed by atoms with E-state index in [9.17, 15) is 0 Å². The molecule has 0 aliphatic carbocycles. The minimum atomic E-state index is 0.387. The zero-order valence-corrected chi connectivity index (χ0v) is 11.1. The Kier molecular flexibility index (Phi) is 3.69. The number of para-hydroxylation sites is 1. The molecule has 0 spiro atoms. The molecule has 0 fully saturated rings. The summed E-state index contributed by atoms with van der Waals surface area (Å²) in [5.41, 5.74) is 9.06. The zero-order valence-electron chi connectivity index (χ0n) is 10.2. The molecule has 2 aromatic rings. The van der Waals surface area contributed by atoms with E-state index in [-0.39, 0.29) is 0 Å². The van der Waals surface area contributed by atoms with Gasteiger partial charge in [0.25, 0.3) is 0 Å². The van der Waals surface area contributed by atoms with Crippen molar-refractivity contribution >= 4 is 22.7 Å². The maximum Gasteiger partial charge on any atom is 0.0579 e. The predicted octanol–water partition coefficient (Wildman–Crippen LogP) is 3.68. The summed E-state index contributed by atoms with van der Waals surface area (Å²) < 4.78 is 0. The van der Waals surface area contributed by atoms with Crippen LogP contribution >= 0.6 is 11.3 Å². The number of thiophene rings is 1. The second kappa shape index (κ2) is 5.23. The molecule has 0 aliphatic rings. The van der Waals surface area contributed by atoms with Crippen LogP contribution in [0, 0.1) is 6.92 Å². The third kappa shape index (κ3) is 3.01. The Bertz CT molecular complexity index is 477. The number of nitrogen functional groups attached to an aromatic ring is 1. The lowest BCUT2D eigenvalue weighted by molar-refractivity contribution is 0.801. The summed E-state index contributed by atoms with van der Waals surface area (Å²) in [6.07, 6.45) is 1.03. The van der Waals surface area contributed by atoms with Gasteiger partial charge < -0.3 is 11.1 Å². The summed E-state index contributed by atoms with van der Waals surface area (Å²) in [6.45, 7) is 4.21. The number of hydrogen-bond donors (Lipinski definition) is 2. The first-order valence-electron chi connectivity index (χ1n) is 5.81. The van der Waals surface area contributed by atoms with Gasteiger partial charge in [-0.2, -0.15) is 0 Å². The van der Waals surface area contributed by atoms with E-state index < -0.39 is 0 Å². The van der Waals surface area contributed by atoms with E-state index in [2.05, 4.69) is 29.8 Å². The normalized spacial score (nSPS) is 12.4. The van der Waals surface area contributed by atoms with E-state index >= 15 is 0 Å². The lowest BCUT2D eigenvalue weighted by Gasteiger charge is -2.17. The summed E-state index contributed by atoms with van der Waals surface area (Å²) in [7, 11) is 0. The van der Waals surface area contributed by atoms with E-state index in [1.165, 1.54) is 4.88 Å².